The molecule has 3 rings (SSSR count). The number of piperazine rings is 1. The van der Waals surface area contributed by atoms with Crippen LogP contribution in [-0.2, 0) is 4.74 Å². The number of nitrogens with one attached hydrogen (secondary N) is 1. The van der Waals surface area contributed by atoms with Gasteiger partial charge in [0.15, 0.2) is 5.78 Å². The molecule has 2 aliphatic rings. The molecule has 3 heterocycles. The van der Waals surface area contributed by atoms with Crippen LogP contribution >= 0.6 is 0 Å². The van der Waals surface area contributed by atoms with Crippen molar-refractivity contribution in [1.82, 2.24) is 14.8 Å². The zero-order valence-electron chi connectivity index (χ0n) is 14.9. The molecule has 132 valence electrons. The predicted octanol–water partition coefficient (Wildman–Crippen LogP) is 1.77. The van der Waals surface area contributed by atoms with Crippen LogP contribution in [0.25, 0.3) is 0 Å². The Balaban J connectivity index is 1.61. The van der Waals surface area contributed by atoms with Crippen LogP contribution in [0, 0.1) is 13.8 Å². The SMILES string of the molecule is CC(=O)c1c(C)[nH]c(C(=O)N2CCN(C[C@H]3CCCO3)CC2)c1C. The van der Waals surface area contributed by atoms with Crippen LogP contribution < -0.4 is 0 Å². The van der Waals surface area contributed by atoms with E-state index in [9.17, 15) is 9.59 Å². The number of ketones is 1. The molecule has 2 fully saturated rings. The number of aryl methyl sites for hydroxylation is 1. The van der Waals surface area contributed by atoms with E-state index >= 15 is 0 Å². The van der Waals surface area contributed by atoms with Crippen molar-refractivity contribution >= 4 is 11.7 Å². The molecule has 6 heteroatoms. The molecular weight excluding hydrogens is 306 g/mol. The Bertz CT molecular complexity index is 624. The van der Waals surface area contributed by atoms with E-state index in [0.29, 0.717) is 17.4 Å². The van der Waals surface area contributed by atoms with Crippen molar-refractivity contribution in [1.29, 1.82) is 0 Å². The summed E-state index contributed by atoms with van der Waals surface area (Å²) in [6, 6.07) is 0. The van der Waals surface area contributed by atoms with Gasteiger partial charge in [0.1, 0.15) is 5.69 Å². The molecule has 0 unspecified atom stereocenters. The van der Waals surface area contributed by atoms with Crippen LogP contribution in [0.1, 0.15) is 51.9 Å². The number of aromatic amines is 1. The summed E-state index contributed by atoms with van der Waals surface area (Å²) in [5.41, 5.74) is 2.76. The number of rotatable bonds is 4. The second-order valence-electron chi connectivity index (χ2n) is 6.91. The standard InChI is InChI=1S/C18H27N3O3/c1-12-16(14(3)22)13(2)19-17(12)18(23)21-8-6-20(7-9-21)11-15-5-4-10-24-15/h15,19H,4-11H2,1-3H3/t15-/m1/s1. The summed E-state index contributed by atoms with van der Waals surface area (Å²) < 4.78 is 5.69. The zero-order valence-corrected chi connectivity index (χ0v) is 14.9. The molecule has 1 N–H and O–H groups in total. The van der Waals surface area contributed by atoms with E-state index in [-0.39, 0.29) is 11.7 Å². The average Bonchev–Trinajstić information content (AvgIpc) is 3.15. The minimum Gasteiger partial charge on any atom is -0.377 e. The number of ether oxygens (including phenoxy) is 1. The predicted molar refractivity (Wildman–Crippen MR) is 91.6 cm³/mol. The molecule has 1 atom stereocenters. The van der Waals surface area contributed by atoms with Gasteiger partial charge in [-0.1, -0.05) is 0 Å². The monoisotopic (exact) mass is 333 g/mol. The Hall–Kier alpha value is -1.66. The number of hydrogen-bond donors (Lipinski definition) is 1. The van der Waals surface area contributed by atoms with Gasteiger partial charge in [-0.25, -0.2) is 0 Å². The number of hydrogen-bond acceptors (Lipinski definition) is 4. The summed E-state index contributed by atoms with van der Waals surface area (Å²) in [6.45, 7) is 10.3. The van der Waals surface area contributed by atoms with Gasteiger partial charge in [0.25, 0.3) is 5.91 Å². The normalized spacial score (nSPS) is 22.1. The van der Waals surface area contributed by atoms with E-state index in [2.05, 4.69) is 9.88 Å². The van der Waals surface area contributed by atoms with Gasteiger partial charge in [0.05, 0.1) is 6.10 Å². The highest BCUT2D eigenvalue weighted by Crippen LogP contribution is 2.21. The third-order valence-corrected chi connectivity index (χ3v) is 5.15. The number of aromatic nitrogens is 1. The number of amides is 1. The lowest BCUT2D eigenvalue weighted by atomic mass is 10.1. The fraction of sp³-hybridized carbons (Fsp3) is 0.667. The average molecular weight is 333 g/mol. The first-order valence-electron chi connectivity index (χ1n) is 8.80. The van der Waals surface area contributed by atoms with Crippen LogP contribution in [-0.4, -0.2) is 71.9 Å². The fourth-order valence-corrected chi connectivity index (χ4v) is 3.86. The van der Waals surface area contributed by atoms with Gasteiger partial charge in [-0.2, -0.15) is 0 Å². The highest BCUT2D eigenvalue weighted by Gasteiger charge is 2.28. The first-order valence-corrected chi connectivity index (χ1v) is 8.80. The highest BCUT2D eigenvalue weighted by molar-refractivity contribution is 6.02. The van der Waals surface area contributed by atoms with Gasteiger partial charge in [-0.3, -0.25) is 14.5 Å². The molecule has 6 nitrogen and oxygen atoms in total. The highest BCUT2D eigenvalue weighted by atomic mass is 16.5. The van der Waals surface area contributed by atoms with Gasteiger partial charge in [0.2, 0.25) is 0 Å². The molecule has 0 aromatic carbocycles. The van der Waals surface area contributed by atoms with E-state index in [4.69, 9.17) is 4.74 Å². The van der Waals surface area contributed by atoms with Crippen LogP contribution in [0.2, 0.25) is 0 Å². The number of carbonyl (C=O) groups is 2. The second-order valence-corrected chi connectivity index (χ2v) is 6.91. The number of Topliss-reactive ketones (excluding diaryl/α,β-unsaturated/α-hetero) is 1. The van der Waals surface area contributed by atoms with Crippen molar-refractivity contribution in [2.75, 3.05) is 39.3 Å². The Morgan fingerprint density at radius 2 is 1.92 bits per heavy atom. The third kappa shape index (κ3) is 3.39. The quantitative estimate of drug-likeness (QED) is 0.853. The van der Waals surface area contributed by atoms with Crippen molar-refractivity contribution in [3.63, 3.8) is 0 Å². The maximum Gasteiger partial charge on any atom is 0.270 e. The smallest absolute Gasteiger partial charge is 0.270 e. The molecule has 0 saturated carbocycles. The Kier molecular flexibility index (Phi) is 5.06. The minimum atomic E-state index is -0.000124. The van der Waals surface area contributed by atoms with Gasteiger partial charge in [0, 0.05) is 50.6 Å². The lowest BCUT2D eigenvalue weighted by Crippen LogP contribution is -2.50. The lowest BCUT2D eigenvalue weighted by Gasteiger charge is -2.35. The molecule has 0 aliphatic carbocycles. The van der Waals surface area contributed by atoms with Crippen LogP contribution in [0.3, 0.4) is 0 Å². The molecule has 0 radical (unpaired) electrons. The largest absolute Gasteiger partial charge is 0.377 e. The summed E-state index contributed by atoms with van der Waals surface area (Å²) >= 11 is 0. The maximum absolute atomic E-state index is 12.8. The number of nitrogens with zero attached hydrogens (tertiary/aromatic N) is 2. The fourth-order valence-electron chi connectivity index (χ4n) is 3.86. The lowest BCUT2D eigenvalue weighted by molar-refractivity contribution is 0.0429. The minimum absolute atomic E-state index is 0.000124. The van der Waals surface area contributed by atoms with Crippen LogP contribution in [0.5, 0.6) is 0 Å². The summed E-state index contributed by atoms with van der Waals surface area (Å²) in [4.78, 5) is 31.9. The van der Waals surface area contributed by atoms with Gasteiger partial charge in [-0.15, -0.1) is 0 Å². The van der Waals surface area contributed by atoms with Crippen molar-refractivity contribution in [3.05, 3.63) is 22.5 Å². The van der Waals surface area contributed by atoms with Crippen molar-refractivity contribution in [2.45, 2.75) is 39.7 Å². The zero-order chi connectivity index (χ0) is 17.3. The molecule has 0 bridgehead atoms. The van der Waals surface area contributed by atoms with E-state index in [0.717, 1.165) is 63.4 Å². The first-order chi connectivity index (χ1) is 11.5. The maximum atomic E-state index is 12.8. The molecule has 2 aliphatic heterocycles. The molecule has 1 amide bonds. The number of carbonyl (C=O) groups excluding carboxylic acids is 2. The molecule has 2 saturated heterocycles. The van der Waals surface area contributed by atoms with E-state index in [1.807, 2.05) is 18.7 Å². The topological polar surface area (TPSA) is 65.6 Å². The molecule has 1 aromatic rings. The molecule has 1 aromatic heterocycles. The van der Waals surface area contributed by atoms with Crippen molar-refractivity contribution in [2.24, 2.45) is 0 Å². The summed E-state index contributed by atoms with van der Waals surface area (Å²) in [5, 5.41) is 0. The summed E-state index contributed by atoms with van der Waals surface area (Å²) in [6.07, 6.45) is 2.67. The van der Waals surface area contributed by atoms with Crippen LogP contribution in [0.15, 0.2) is 0 Å². The second kappa shape index (κ2) is 7.07. The molecule has 0 spiro atoms. The Morgan fingerprint density at radius 3 is 2.46 bits per heavy atom. The Labute approximate surface area is 143 Å². The summed E-state index contributed by atoms with van der Waals surface area (Å²) in [5.74, 6) is 0.00143. The molecular formula is C18H27N3O3. The summed E-state index contributed by atoms with van der Waals surface area (Å²) in [7, 11) is 0. The van der Waals surface area contributed by atoms with E-state index in [1.54, 1.807) is 6.92 Å². The van der Waals surface area contributed by atoms with Gasteiger partial charge >= 0.3 is 0 Å². The van der Waals surface area contributed by atoms with Crippen LogP contribution in [0.4, 0.5) is 0 Å². The van der Waals surface area contributed by atoms with E-state index < -0.39 is 0 Å². The van der Waals surface area contributed by atoms with E-state index in [1.165, 1.54) is 0 Å². The van der Waals surface area contributed by atoms with Crippen molar-refractivity contribution in [3.8, 4) is 0 Å². The molecule has 24 heavy (non-hydrogen) atoms. The van der Waals surface area contributed by atoms with Gasteiger partial charge in [-0.05, 0) is 39.2 Å². The first kappa shape index (κ1) is 17.2. The third-order valence-electron chi connectivity index (χ3n) is 5.15. The van der Waals surface area contributed by atoms with Gasteiger partial charge < -0.3 is 14.6 Å². The Morgan fingerprint density at radius 1 is 1.21 bits per heavy atom. The number of H-pyrrole nitrogens is 1. The van der Waals surface area contributed by atoms with Crippen molar-refractivity contribution < 1.29 is 14.3 Å².